The Morgan fingerprint density at radius 1 is 1.56 bits per heavy atom. The Morgan fingerprint density at radius 2 is 2.31 bits per heavy atom. The number of alkyl halides is 1. The fraction of sp³-hybridized carbons (Fsp3) is 0.400. The van der Waals surface area contributed by atoms with Crippen molar-refractivity contribution >= 4 is 30.1 Å². The van der Waals surface area contributed by atoms with Crippen molar-refractivity contribution in [3.05, 3.63) is 30.1 Å². The average Bonchev–Trinajstić information content (AvgIpc) is 2.27. The monoisotopic (exact) mass is 264 g/mol. The first-order valence-electron chi connectivity index (χ1n) is 4.58. The van der Waals surface area contributed by atoms with Gasteiger partial charge in [0.05, 0.1) is 0 Å². The highest BCUT2D eigenvalue weighted by Gasteiger charge is 2.08. The molecular weight excluding hydrogens is 251 g/mol. The Kier molecular flexibility index (Phi) is 7.68. The van der Waals surface area contributed by atoms with Crippen LogP contribution in [0, 0.1) is 0 Å². The van der Waals surface area contributed by atoms with E-state index in [0.717, 1.165) is 5.69 Å². The second-order valence-corrected chi connectivity index (χ2v) is 3.23. The van der Waals surface area contributed by atoms with Crippen molar-refractivity contribution in [2.45, 2.75) is 6.42 Å². The first-order valence-corrected chi connectivity index (χ1v) is 5.11. The van der Waals surface area contributed by atoms with Gasteiger partial charge < -0.3 is 9.64 Å². The van der Waals surface area contributed by atoms with Crippen molar-refractivity contribution in [2.24, 2.45) is 0 Å². The number of amides is 1. The lowest BCUT2D eigenvalue weighted by atomic mass is 10.2. The second kappa shape index (κ2) is 8.19. The van der Waals surface area contributed by atoms with Crippen LogP contribution < -0.4 is 0 Å². The molecule has 90 valence electrons. The van der Waals surface area contributed by atoms with E-state index >= 15 is 0 Å². The Balaban J connectivity index is 0.00000225. The summed E-state index contributed by atoms with van der Waals surface area (Å²) in [4.78, 5) is 16.8. The normalized spacial score (nSPS) is 9.12. The third kappa shape index (κ3) is 5.19. The summed E-state index contributed by atoms with van der Waals surface area (Å²) in [7, 11) is 1.66. The van der Waals surface area contributed by atoms with Gasteiger partial charge in [-0.1, -0.05) is 17.7 Å². The molecule has 6 heteroatoms. The summed E-state index contributed by atoms with van der Waals surface area (Å²) in [6.07, 6.45) is 2.02. The number of pyridine rings is 1. The summed E-state index contributed by atoms with van der Waals surface area (Å²) in [6, 6.07) is 5.57. The number of carbonyl (C=O) groups excluding carboxylic acids is 1. The van der Waals surface area contributed by atoms with Crippen LogP contribution in [-0.4, -0.2) is 35.6 Å². The van der Waals surface area contributed by atoms with Crippen molar-refractivity contribution in [2.75, 3.05) is 19.7 Å². The van der Waals surface area contributed by atoms with E-state index in [1.165, 1.54) is 4.90 Å². The van der Waals surface area contributed by atoms with Gasteiger partial charge in [0.1, 0.15) is 0 Å². The maximum Gasteiger partial charge on any atom is 0.410 e. The van der Waals surface area contributed by atoms with Gasteiger partial charge in [0.25, 0.3) is 0 Å². The van der Waals surface area contributed by atoms with E-state index in [9.17, 15) is 4.79 Å². The molecule has 1 aromatic heterocycles. The largest absolute Gasteiger partial charge is 0.433 e. The van der Waals surface area contributed by atoms with Crippen LogP contribution in [0.25, 0.3) is 0 Å². The minimum Gasteiger partial charge on any atom is -0.433 e. The predicted octanol–water partition coefficient (Wildman–Crippen LogP) is 2.31. The van der Waals surface area contributed by atoms with Gasteiger partial charge in [-0.25, -0.2) is 4.79 Å². The van der Waals surface area contributed by atoms with Crippen LogP contribution in [0.5, 0.6) is 0 Å². The fourth-order valence-electron chi connectivity index (χ4n) is 1.08. The molecule has 4 nitrogen and oxygen atoms in total. The van der Waals surface area contributed by atoms with Gasteiger partial charge >= 0.3 is 6.09 Å². The molecular formula is C10H14Cl2N2O2. The minimum atomic E-state index is -0.416. The molecule has 0 aliphatic carbocycles. The molecule has 1 amide bonds. The zero-order valence-corrected chi connectivity index (χ0v) is 10.5. The summed E-state index contributed by atoms with van der Waals surface area (Å²) >= 11 is 5.28. The highest BCUT2D eigenvalue weighted by molar-refractivity contribution is 6.17. The Morgan fingerprint density at radius 3 is 2.88 bits per heavy atom. The quantitative estimate of drug-likeness (QED) is 0.784. The van der Waals surface area contributed by atoms with Crippen LogP contribution >= 0.6 is 24.0 Å². The van der Waals surface area contributed by atoms with Crippen LogP contribution in [-0.2, 0) is 11.2 Å². The van der Waals surface area contributed by atoms with E-state index in [1.807, 2.05) is 18.2 Å². The molecule has 0 aliphatic rings. The molecule has 1 rings (SSSR count). The van der Waals surface area contributed by atoms with Crippen LogP contribution in [0.1, 0.15) is 5.69 Å². The van der Waals surface area contributed by atoms with E-state index in [1.54, 1.807) is 13.2 Å². The van der Waals surface area contributed by atoms with Gasteiger partial charge in [-0.05, 0) is 12.1 Å². The predicted molar refractivity (Wildman–Crippen MR) is 65.0 cm³/mol. The Labute approximate surface area is 106 Å². The fourth-order valence-corrected chi connectivity index (χ4v) is 1.17. The number of ether oxygens (including phenoxy) is 1. The lowest BCUT2D eigenvalue weighted by Gasteiger charge is -2.15. The second-order valence-electron chi connectivity index (χ2n) is 3.01. The van der Waals surface area contributed by atoms with Gasteiger partial charge in [0.2, 0.25) is 0 Å². The van der Waals surface area contributed by atoms with E-state index in [2.05, 4.69) is 9.72 Å². The minimum absolute atomic E-state index is 0. The van der Waals surface area contributed by atoms with Crippen molar-refractivity contribution in [1.29, 1.82) is 0 Å². The van der Waals surface area contributed by atoms with Crippen molar-refractivity contribution in [1.82, 2.24) is 9.88 Å². The molecule has 0 fully saturated rings. The summed E-state index contributed by atoms with van der Waals surface area (Å²) in [5.74, 6) is 0. The summed E-state index contributed by atoms with van der Waals surface area (Å²) in [5, 5.41) is 0. The van der Waals surface area contributed by atoms with E-state index < -0.39 is 6.09 Å². The zero-order valence-electron chi connectivity index (χ0n) is 8.93. The van der Waals surface area contributed by atoms with Crippen LogP contribution in [0.2, 0.25) is 0 Å². The SMILES string of the molecule is CN(CCc1ccccn1)C(=O)OCCl.Cl. The highest BCUT2D eigenvalue weighted by atomic mass is 35.5. The van der Waals surface area contributed by atoms with Crippen molar-refractivity contribution in [3.8, 4) is 0 Å². The molecule has 0 aliphatic heterocycles. The molecule has 1 aromatic rings. The molecule has 1 heterocycles. The third-order valence-electron chi connectivity index (χ3n) is 1.92. The number of aromatic nitrogens is 1. The Bertz CT molecular complexity index is 309. The molecule has 0 aromatic carbocycles. The number of rotatable bonds is 4. The maximum atomic E-state index is 11.2. The van der Waals surface area contributed by atoms with Gasteiger partial charge in [0, 0.05) is 31.9 Å². The standard InChI is InChI=1S/C10H13ClN2O2.ClH/c1-13(10(14)15-8-11)7-5-9-4-2-3-6-12-9;/h2-4,6H,5,7-8H2,1H3;1H. The van der Waals surface area contributed by atoms with Gasteiger partial charge in [0.15, 0.2) is 6.07 Å². The zero-order chi connectivity index (χ0) is 11.1. The van der Waals surface area contributed by atoms with Crippen LogP contribution in [0.3, 0.4) is 0 Å². The van der Waals surface area contributed by atoms with Gasteiger partial charge in [-0.2, -0.15) is 0 Å². The molecule has 0 saturated heterocycles. The topological polar surface area (TPSA) is 42.4 Å². The van der Waals surface area contributed by atoms with Gasteiger partial charge in [-0.3, -0.25) is 4.98 Å². The van der Waals surface area contributed by atoms with Crippen molar-refractivity contribution in [3.63, 3.8) is 0 Å². The third-order valence-corrected chi connectivity index (χ3v) is 2.03. The first kappa shape index (κ1) is 15.0. The molecule has 0 saturated carbocycles. The first-order chi connectivity index (χ1) is 7.24. The number of carbonyl (C=O) groups is 1. The van der Waals surface area contributed by atoms with Crippen molar-refractivity contribution < 1.29 is 9.53 Å². The molecule has 0 bridgehead atoms. The number of nitrogens with zero attached hydrogens (tertiary/aromatic N) is 2. The molecule has 0 unspecified atom stereocenters. The lowest BCUT2D eigenvalue weighted by molar-refractivity contribution is 0.127. The molecule has 0 N–H and O–H groups in total. The number of hydrogen-bond donors (Lipinski definition) is 0. The summed E-state index contributed by atoms with van der Waals surface area (Å²) in [6.45, 7) is 0.562. The lowest BCUT2D eigenvalue weighted by Crippen LogP contribution is -2.29. The highest BCUT2D eigenvalue weighted by Crippen LogP contribution is 1.98. The smallest absolute Gasteiger partial charge is 0.410 e. The molecule has 0 spiro atoms. The molecule has 0 atom stereocenters. The number of hydrogen-bond acceptors (Lipinski definition) is 3. The van der Waals surface area contributed by atoms with Crippen LogP contribution in [0.15, 0.2) is 24.4 Å². The number of halogens is 2. The van der Waals surface area contributed by atoms with E-state index in [4.69, 9.17) is 11.6 Å². The van der Waals surface area contributed by atoms with Gasteiger partial charge in [-0.15, -0.1) is 12.4 Å². The summed E-state index contributed by atoms with van der Waals surface area (Å²) in [5.41, 5.74) is 0.947. The molecule has 16 heavy (non-hydrogen) atoms. The number of likely N-dealkylation sites (N-methyl/N-ethyl adjacent to an activating group) is 1. The summed E-state index contributed by atoms with van der Waals surface area (Å²) < 4.78 is 4.62. The van der Waals surface area contributed by atoms with E-state index in [0.29, 0.717) is 13.0 Å². The Hall–Kier alpha value is -1.00. The van der Waals surface area contributed by atoms with E-state index in [-0.39, 0.29) is 18.5 Å². The molecule has 0 radical (unpaired) electrons. The van der Waals surface area contributed by atoms with Crippen LogP contribution in [0.4, 0.5) is 4.79 Å². The maximum absolute atomic E-state index is 11.2. The average molecular weight is 265 g/mol.